The largest absolute Gasteiger partial charge is 0.444 e. The van der Waals surface area contributed by atoms with Crippen molar-refractivity contribution >= 4 is 22.8 Å². The number of nitrogens with zero attached hydrogens (tertiary/aromatic N) is 3. The quantitative estimate of drug-likeness (QED) is 0.833. The van der Waals surface area contributed by atoms with Crippen LogP contribution in [0.15, 0.2) is 29.1 Å². The van der Waals surface area contributed by atoms with Gasteiger partial charge in [-0.2, -0.15) is 5.10 Å². The van der Waals surface area contributed by atoms with Gasteiger partial charge in [0.1, 0.15) is 5.60 Å². The Kier molecular flexibility index (Phi) is 6.14. The van der Waals surface area contributed by atoms with Crippen molar-refractivity contribution in [3.05, 3.63) is 40.3 Å². The van der Waals surface area contributed by atoms with Crippen LogP contribution in [-0.2, 0) is 4.74 Å². The number of rotatable bonds is 3. The van der Waals surface area contributed by atoms with Crippen LogP contribution >= 0.6 is 0 Å². The van der Waals surface area contributed by atoms with Crippen LogP contribution in [0.1, 0.15) is 64.0 Å². The first-order valence-corrected chi connectivity index (χ1v) is 10.4. The highest BCUT2D eigenvalue weighted by atomic mass is 16.6. The summed E-state index contributed by atoms with van der Waals surface area (Å²) in [6, 6.07) is 6.88. The van der Waals surface area contributed by atoms with Crippen molar-refractivity contribution < 1.29 is 14.3 Å². The summed E-state index contributed by atoms with van der Waals surface area (Å²) in [5, 5.41) is 8.34. The van der Waals surface area contributed by atoms with E-state index in [1.165, 1.54) is 4.68 Å². The Morgan fingerprint density at radius 3 is 2.30 bits per heavy atom. The van der Waals surface area contributed by atoms with Gasteiger partial charge in [0.15, 0.2) is 5.69 Å². The third kappa shape index (κ3) is 4.80. The first-order chi connectivity index (χ1) is 14.1. The number of carbonyl (C=O) groups excluding carboxylic acids is 2. The molecule has 2 heterocycles. The molecule has 0 radical (unpaired) electrons. The standard InChI is InChI=1S/C22H30N4O4/c1-14(2)26-19(27)17-9-7-6-8-16(17)18(24-26)20(28)25-12-10-15(11-13-25)23-21(29)30-22(3,4)5/h6-9,14-15H,10-13H2,1-5H3,(H,23,29). The smallest absolute Gasteiger partial charge is 0.407 e. The molecule has 1 aromatic carbocycles. The minimum atomic E-state index is -0.549. The lowest BCUT2D eigenvalue weighted by molar-refractivity contribution is 0.0473. The molecule has 0 bridgehead atoms. The normalized spacial score (nSPS) is 15.5. The van der Waals surface area contributed by atoms with Gasteiger partial charge in [-0.15, -0.1) is 0 Å². The first-order valence-electron chi connectivity index (χ1n) is 10.4. The Balaban J connectivity index is 1.76. The molecule has 30 heavy (non-hydrogen) atoms. The van der Waals surface area contributed by atoms with Crippen LogP contribution in [0.5, 0.6) is 0 Å². The van der Waals surface area contributed by atoms with Gasteiger partial charge in [-0.1, -0.05) is 18.2 Å². The van der Waals surface area contributed by atoms with Crippen LogP contribution in [-0.4, -0.2) is 51.4 Å². The van der Waals surface area contributed by atoms with E-state index in [1.54, 1.807) is 29.2 Å². The third-order valence-electron chi connectivity index (χ3n) is 5.02. The summed E-state index contributed by atoms with van der Waals surface area (Å²) in [6.07, 6.45) is 0.823. The lowest BCUT2D eigenvalue weighted by Crippen LogP contribution is -2.48. The van der Waals surface area contributed by atoms with Crippen molar-refractivity contribution in [2.45, 2.75) is 65.1 Å². The predicted molar refractivity (Wildman–Crippen MR) is 115 cm³/mol. The van der Waals surface area contributed by atoms with E-state index in [0.29, 0.717) is 36.7 Å². The summed E-state index contributed by atoms with van der Waals surface area (Å²) >= 11 is 0. The van der Waals surface area contributed by atoms with Gasteiger partial charge in [-0.05, 0) is 53.5 Å². The molecule has 8 nitrogen and oxygen atoms in total. The van der Waals surface area contributed by atoms with Gasteiger partial charge in [0.2, 0.25) is 0 Å². The zero-order valence-electron chi connectivity index (χ0n) is 18.3. The Labute approximate surface area is 176 Å². The molecule has 0 spiro atoms. The number of alkyl carbamates (subject to hydrolysis) is 1. The van der Waals surface area contributed by atoms with Crippen LogP contribution in [0.2, 0.25) is 0 Å². The minimum Gasteiger partial charge on any atom is -0.444 e. The molecule has 1 aliphatic rings. The van der Waals surface area contributed by atoms with Crippen molar-refractivity contribution in [1.82, 2.24) is 20.0 Å². The third-order valence-corrected chi connectivity index (χ3v) is 5.02. The number of amides is 2. The maximum atomic E-state index is 13.3. The second-order valence-electron chi connectivity index (χ2n) is 8.95. The molecule has 0 aliphatic carbocycles. The fourth-order valence-electron chi connectivity index (χ4n) is 3.57. The second-order valence-corrected chi connectivity index (χ2v) is 8.95. The van der Waals surface area contributed by atoms with E-state index >= 15 is 0 Å². The van der Waals surface area contributed by atoms with Gasteiger partial charge in [-0.25, -0.2) is 9.48 Å². The Morgan fingerprint density at radius 2 is 1.73 bits per heavy atom. The molecule has 2 amide bonds. The molecule has 8 heteroatoms. The highest BCUT2D eigenvalue weighted by molar-refractivity contribution is 6.04. The number of ether oxygens (including phenoxy) is 1. The molecule has 162 valence electrons. The van der Waals surface area contributed by atoms with E-state index in [9.17, 15) is 14.4 Å². The minimum absolute atomic E-state index is 0.0433. The number of likely N-dealkylation sites (tertiary alicyclic amines) is 1. The van der Waals surface area contributed by atoms with Crippen LogP contribution in [0.3, 0.4) is 0 Å². The van der Waals surface area contributed by atoms with E-state index in [1.807, 2.05) is 34.6 Å². The van der Waals surface area contributed by atoms with Gasteiger partial charge in [0.05, 0.1) is 11.4 Å². The molecule has 1 aliphatic heterocycles. The van der Waals surface area contributed by atoms with Gasteiger partial charge in [0.25, 0.3) is 11.5 Å². The van der Waals surface area contributed by atoms with Crippen molar-refractivity contribution in [3.8, 4) is 0 Å². The summed E-state index contributed by atoms with van der Waals surface area (Å²) in [5.74, 6) is -0.198. The van der Waals surface area contributed by atoms with Gasteiger partial charge in [0, 0.05) is 24.5 Å². The molecule has 2 aromatic rings. The van der Waals surface area contributed by atoms with E-state index in [-0.39, 0.29) is 29.2 Å². The average molecular weight is 415 g/mol. The lowest BCUT2D eigenvalue weighted by Gasteiger charge is -2.33. The highest BCUT2D eigenvalue weighted by Crippen LogP contribution is 2.19. The number of aromatic nitrogens is 2. The lowest BCUT2D eigenvalue weighted by atomic mass is 10.0. The van der Waals surface area contributed by atoms with Gasteiger partial charge >= 0.3 is 6.09 Å². The van der Waals surface area contributed by atoms with E-state index < -0.39 is 11.7 Å². The maximum absolute atomic E-state index is 13.3. The van der Waals surface area contributed by atoms with Crippen molar-refractivity contribution in [2.24, 2.45) is 0 Å². The predicted octanol–water partition coefficient (Wildman–Crippen LogP) is 3.11. The Hall–Kier alpha value is -2.90. The van der Waals surface area contributed by atoms with E-state index in [4.69, 9.17) is 4.74 Å². The molecule has 3 rings (SSSR count). The summed E-state index contributed by atoms with van der Waals surface area (Å²) in [5.41, 5.74) is -0.456. The molecule has 1 aromatic heterocycles. The van der Waals surface area contributed by atoms with Crippen LogP contribution in [0.4, 0.5) is 4.79 Å². The molecule has 0 unspecified atom stereocenters. The molecule has 0 saturated carbocycles. The fraction of sp³-hybridized carbons (Fsp3) is 0.545. The molecular formula is C22H30N4O4. The topological polar surface area (TPSA) is 93.5 Å². The number of fused-ring (bicyclic) bond motifs is 1. The average Bonchev–Trinajstić information content (AvgIpc) is 2.67. The van der Waals surface area contributed by atoms with Gasteiger partial charge < -0.3 is 15.0 Å². The zero-order chi connectivity index (χ0) is 22.1. The maximum Gasteiger partial charge on any atom is 0.407 e. The number of piperidine rings is 1. The number of carbonyl (C=O) groups is 2. The zero-order valence-corrected chi connectivity index (χ0v) is 18.3. The van der Waals surface area contributed by atoms with Crippen molar-refractivity contribution in [3.63, 3.8) is 0 Å². The van der Waals surface area contributed by atoms with Crippen molar-refractivity contribution in [1.29, 1.82) is 0 Å². The number of nitrogens with one attached hydrogen (secondary N) is 1. The fourth-order valence-corrected chi connectivity index (χ4v) is 3.57. The molecule has 1 N–H and O–H groups in total. The molecule has 0 atom stereocenters. The monoisotopic (exact) mass is 414 g/mol. The molecule has 1 fully saturated rings. The molecule has 1 saturated heterocycles. The number of hydrogen-bond donors (Lipinski definition) is 1. The number of benzene rings is 1. The summed E-state index contributed by atoms with van der Waals surface area (Å²) < 4.78 is 6.67. The van der Waals surface area contributed by atoms with E-state index in [2.05, 4.69) is 10.4 Å². The van der Waals surface area contributed by atoms with Crippen LogP contribution in [0, 0.1) is 0 Å². The van der Waals surface area contributed by atoms with Crippen LogP contribution in [0.25, 0.3) is 10.8 Å². The second kappa shape index (κ2) is 8.45. The highest BCUT2D eigenvalue weighted by Gasteiger charge is 2.28. The van der Waals surface area contributed by atoms with Crippen molar-refractivity contribution in [2.75, 3.05) is 13.1 Å². The Bertz CT molecular complexity index is 998. The van der Waals surface area contributed by atoms with E-state index in [0.717, 1.165) is 0 Å². The summed E-state index contributed by atoms with van der Waals surface area (Å²) in [7, 11) is 0. The number of hydrogen-bond acceptors (Lipinski definition) is 5. The van der Waals surface area contributed by atoms with Gasteiger partial charge in [-0.3, -0.25) is 9.59 Å². The SMILES string of the molecule is CC(C)n1nc(C(=O)N2CCC(NC(=O)OC(C)(C)C)CC2)c2ccccc2c1=O. The first kappa shape index (κ1) is 21.8. The summed E-state index contributed by atoms with van der Waals surface area (Å²) in [4.78, 5) is 39.7. The molecular weight excluding hydrogens is 384 g/mol. The summed E-state index contributed by atoms with van der Waals surface area (Å²) in [6.45, 7) is 10.2. The van der Waals surface area contributed by atoms with Crippen LogP contribution < -0.4 is 10.9 Å². The Morgan fingerprint density at radius 1 is 1.13 bits per heavy atom.